The minimum atomic E-state index is 0.726. The third-order valence-electron chi connectivity index (χ3n) is 4.77. The molecular formula is C19H31N3S. The summed E-state index contributed by atoms with van der Waals surface area (Å²) in [5.41, 5.74) is 3.57. The molecule has 0 aliphatic carbocycles. The summed E-state index contributed by atoms with van der Waals surface area (Å²) in [7, 11) is 0. The van der Waals surface area contributed by atoms with Crippen LogP contribution in [0.15, 0.2) is 18.2 Å². The highest BCUT2D eigenvalue weighted by atomic mass is 32.1. The van der Waals surface area contributed by atoms with Gasteiger partial charge in [0, 0.05) is 24.8 Å². The minimum Gasteiger partial charge on any atom is -0.362 e. The maximum Gasteiger partial charge on any atom is 0.170 e. The van der Waals surface area contributed by atoms with E-state index in [1.54, 1.807) is 0 Å². The summed E-state index contributed by atoms with van der Waals surface area (Å²) in [6, 6.07) is 7.19. The van der Waals surface area contributed by atoms with E-state index in [1.165, 1.54) is 49.9 Å². The lowest BCUT2D eigenvalue weighted by Gasteiger charge is -2.35. The van der Waals surface area contributed by atoms with Crippen LogP contribution < -0.4 is 10.6 Å². The van der Waals surface area contributed by atoms with Crippen LogP contribution in [0.2, 0.25) is 0 Å². The van der Waals surface area contributed by atoms with Crippen LogP contribution in [0, 0.1) is 13.8 Å². The molecule has 1 heterocycles. The van der Waals surface area contributed by atoms with Crippen LogP contribution in [-0.4, -0.2) is 35.7 Å². The molecule has 0 bridgehead atoms. The second kappa shape index (κ2) is 9.24. The van der Waals surface area contributed by atoms with Gasteiger partial charge < -0.3 is 15.5 Å². The summed E-state index contributed by atoms with van der Waals surface area (Å²) < 4.78 is 0. The molecule has 0 spiro atoms. The fourth-order valence-electron chi connectivity index (χ4n) is 3.34. The van der Waals surface area contributed by atoms with Gasteiger partial charge in [-0.3, -0.25) is 0 Å². The zero-order chi connectivity index (χ0) is 16.7. The van der Waals surface area contributed by atoms with Crippen LogP contribution >= 0.6 is 12.2 Å². The molecule has 0 amide bonds. The number of piperidine rings is 1. The van der Waals surface area contributed by atoms with Gasteiger partial charge in [-0.15, -0.1) is 0 Å². The maximum absolute atomic E-state index is 5.42. The highest BCUT2D eigenvalue weighted by Gasteiger charge is 2.19. The fraction of sp³-hybridized carbons (Fsp3) is 0.632. The molecule has 1 unspecified atom stereocenters. The molecule has 0 saturated carbocycles. The maximum atomic E-state index is 5.42. The second-order valence-electron chi connectivity index (χ2n) is 6.65. The molecule has 3 nitrogen and oxygen atoms in total. The number of rotatable bonds is 6. The van der Waals surface area contributed by atoms with Crippen LogP contribution in [0.5, 0.6) is 0 Å². The van der Waals surface area contributed by atoms with Gasteiger partial charge in [-0.1, -0.05) is 25.5 Å². The normalized spacial score (nSPS) is 18.7. The largest absolute Gasteiger partial charge is 0.362 e. The van der Waals surface area contributed by atoms with E-state index in [4.69, 9.17) is 12.2 Å². The van der Waals surface area contributed by atoms with Crippen molar-refractivity contribution >= 4 is 23.0 Å². The van der Waals surface area contributed by atoms with E-state index in [-0.39, 0.29) is 0 Å². The van der Waals surface area contributed by atoms with Gasteiger partial charge in [0.2, 0.25) is 0 Å². The van der Waals surface area contributed by atoms with Gasteiger partial charge >= 0.3 is 0 Å². The van der Waals surface area contributed by atoms with Crippen molar-refractivity contribution in [2.75, 3.05) is 25.0 Å². The quantitative estimate of drug-likeness (QED) is 0.601. The van der Waals surface area contributed by atoms with E-state index in [1.807, 2.05) is 0 Å². The van der Waals surface area contributed by atoms with E-state index in [0.29, 0.717) is 0 Å². The van der Waals surface area contributed by atoms with Crippen molar-refractivity contribution in [3.05, 3.63) is 29.3 Å². The Kier molecular flexibility index (Phi) is 7.31. The number of nitrogens with one attached hydrogen (secondary N) is 2. The molecule has 2 rings (SSSR count). The Labute approximate surface area is 146 Å². The Morgan fingerprint density at radius 2 is 2.13 bits per heavy atom. The summed E-state index contributed by atoms with van der Waals surface area (Å²) in [5.74, 6) is 0. The van der Waals surface area contributed by atoms with Crippen molar-refractivity contribution in [1.82, 2.24) is 10.2 Å². The van der Waals surface area contributed by atoms with E-state index >= 15 is 0 Å². The Hall–Kier alpha value is -1.13. The Morgan fingerprint density at radius 3 is 2.91 bits per heavy atom. The van der Waals surface area contributed by atoms with Crippen LogP contribution in [0.25, 0.3) is 0 Å². The van der Waals surface area contributed by atoms with Crippen LogP contribution in [-0.2, 0) is 0 Å². The smallest absolute Gasteiger partial charge is 0.170 e. The summed E-state index contributed by atoms with van der Waals surface area (Å²) in [6.45, 7) is 9.89. The molecule has 1 aromatic rings. The van der Waals surface area contributed by atoms with Crippen molar-refractivity contribution in [3.63, 3.8) is 0 Å². The van der Waals surface area contributed by atoms with Gasteiger partial charge in [0.25, 0.3) is 0 Å². The molecule has 1 fully saturated rings. The topological polar surface area (TPSA) is 27.3 Å². The lowest BCUT2D eigenvalue weighted by Crippen LogP contribution is -2.41. The van der Waals surface area contributed by atoms with Crippen molar-refractivity contribution in [2.24, 2.45) is 0 Å². The molecule has 128 valence electrons. The van der Waals surface area contributed by atoms with E-state index in [0.717, 1.165) is 29.8 Å². The number of benzene rings is 1. The monoisotopic (exact) mass is 333 g/mol. The molecule has 23 heavy (non-hydrogen) atoms. The molecule has 2 N–H and O–H groups in total. The van der Waals surface area contributed by atoms with Crippen LogP contribution in [0.1, 0.15) is 50.2 Å². The van der Waals surface area contributed by atoms with Gasteiger partial charge in [-0.05, 0) is 75.5 Å². The summed E-state index contributed by atoms with van der Waals surface area (Å²) in [5, 5.41) is 7.39. The zero-order valence-corrected chi connectivity index (χ0v) is 15.6. The highest BCUT2D eigenvalue weighted by molar-refractivity contribution is 7.80. The van der Waals surface area contributed by atoms with Crippen LogP contribution in [0.4, 0.5) is 5.69 Å². The van der Waals surface area contributed by atoms with Crippen LogP contribution in [0.3, 0.4) is 0 Å². The molecule has 1 atom stereocenters. The number of likely N-dealkylation sites (tertiary alicyclic amines) is 1. The number of hydrogen-bond donors (Lipinski definition) is 2. The Balaban J connectivity index is 1.69. The first-order chi connectivity index (χ1) is 11.1. The summed E-state index contributed by atoms with van der Waals surface area (Å²) in [6.07, 6.45) is 6.55. The van der Waals surface area contributed by atoms with Crippen molar-refractivity contribution in [2.45, 2.75) is 58.9 Å². The fourth-order valence-corrected chi connectivity index (χ4v) is 3.55. The predicted molar refractivity (Wildman–Crippen MR) is 104 cm³/mol. The predicted octanol–water partition coefficient (Wildman–Crippen LogP) is 4.24. The number of anilines is 1. The van der Waals surface area contributed by atoms with Crippen molar-refractivity contribution in [3.8, 4) is 0 Å². The number of thiocarbonyl (C=S) groups is 1. The van der Waals surface area contributed by atoms with E-state index in [2.05, 4.69) is 54.5 Å². The molecule has 1 aromatic carbocycles. The average molecular weight is 334 g/mol. The third-order valence-corrected chi connectivity index (χ3v) is 5.02. The molecule has 0 radical (unpaired) electrons. The summed E-state index contributed by atoms with van der Waals surface area (Å²) in [4.78, 5) is 2.66. The summed E-state index contributed by atoms with van der Waals surface area (Å²) >= 11 is 5.42. The Bertz CT molecular complexity index is 515. The first kappa shape index (κ1) is 18.2. The highest BCUT2D eigenvalue weighted by Crippen LogP contribution is 2.19. The zero-order valence-electron chi connectivity index (χ0n) is 14.8. The number of aryl methyl sites for hydroxylation is 2. The standard InChI is InChI=1S/C19H31N3S/c1-4-17-8-5-6-12-22(17)13-7-11-20-19(23)21-18-14-15(2)9-10-16(18)3/h9-10,14,17H,4-8,11-13H2,1-3H3,(H2,20,21,23). The molecule has 1 aliphatic rings. The Morgan fingerprint density at radius 1 is 1.30 bits per heavy atom. The first-order valence-electron chi connectivity index (χ1n) is 8.96. The van der Waals surface area contributed by atoms with Gasteiger partial charge in [0.15, 0.2) is 5.11 Å². The third kappa shape index (κ3) is 5.78. The number of nitrogens with zero attached hydrogens (tertiary/aromatic N) is 1. The molecular weight excluding hydrogens is 302 g/mol. The van der Waals surface area contributed by atoms with Crippen molar-refractivity contribution in [1.29, 1.82) is 0 Å². The minimum absolute atomic E-state index is 0.726. The first-order valence-corrected chi connectivity index (χ1v) is 9.37. The molecule has 0 aromatic heterocycles. The van der Waals surface area contributed by atoms with Gasteiger partial charge in [0.1, 0.15) is 0 Å². The lowest BCUT2D eigenvalue weighted by molar-refractivity contribution is 0.143. The van der Waals surface area contributed by atoms with E-state index < -0.39 is 0 Å². The van der Waals surface area contributed by atoms with E-state index in [9.17, 15) is 0 Å². The van der Waals surface area contributed by atoms with Gasteiger partial charge in [0.05, 0.1) is 0 Å². The van der Waals surface area contributed by atoms with Gasteiger partial charge in [-0.25, -0.2) is 0 Å². The number of hydrogen-bond acceptors (Lipinski definition) is 2. The molecule has 1 saturated heterocycles. The average Bonchev–Trinajstić information content (AvgIpc) is 2.55. The second-order valence-corrected chi connectivity index (χ2v) is 7.05. The molecule has 4 heteroatoms. The SMILES string of the molecule is CCC1CCCCN1CCCNC(=S)Nc1cc(C)ccc1C. The van der Waals surface area contributed by atoms with Gasteiger partial charge in [-0.2, -0.15) is 0 Å². The lowest BCUT2D eigenvalue weighted by atomic mass is 10.00. The molecule has 1 aliphatic heterocycles. The van der Waals surface area contributed by atoms with Crippen molar-refractivity contribution < 1.29 is 0 Å².